The maximum Gasteiger partial charge on any atom is 0.273 e. The van der Waals surface area contributed by atoms with Crippen LogP contribution in [0, 0.1) is 0 Å². The van der Waals surface area contributed by atoms with E-state index in [1.165, 1.54) is 11.3 Å². The second kappa shape index (κ2) is 43.3. The first-order valence-corrected chi connectivity index (χ1v) is 24.6. The number of imide groups is 1. The van der Waals surface area contributed by atoms with E-state index in [2.05, 4.69) is 20.6 Å². The first-order valence-electron chi connectivity index (χ1n) is 24.6. The lowest BCUT2D eigenvalue weighted by atomic mass is 10.1. The van der Waals surface area contributed by atoms with Gasteiger partial charge in [-0.3, -0.25) is 39.2 Å². The largest absolute Gasteiger partial charge is 0.403 e. The summed E-state index contributed by atoms with van der Waals surface area (Å²) in [6.07, 6.45) is 8.57. The number of aliphatic hydroxyl groups is 1. The maximum absolute atomic E-state index is 13.2. The number of carbonyl (C=O) groups is 4. The third kappa shape index (κ3) is 32.4. The second-order valence-corrected chi connectivity index (χ2v) is 15.5. The molecule has 7 N–H and O–H groups in total. The van der Waals surface area contributed by atoms with Gasteiger partial charge >= 0.3 is 0 Å². The minimum absolute atomic E-state index is 0.177. The fourth-order valence-corrected chi connectivity index (χ4v) is 6.18. The van der Waals surface area contributed by atoms with E-state index in [1.807, 2.05) is 13.8 Å². The van der Waals surface area contributed by atoms with Crippen molar-refractivity contribution in [2.75, 3.05) is 171 Å². The first-order chi connectivity index (χ1) is 34.7. The Morgan fingerprint density at radius 1 is 0.732 bits per heavy atom. The molecule has 0 aromatic heterocycles. The quantitative estimate of drug-likeness (QED) is 0.0228. The monoisotopic (exact) mass is 1010 g/mol. The normalized spacial score (nSPS) is 15.5. The van der Waals surface area contributed by atoms with Crippen molar-refractivity contribution >= 4 is 35.2 Å². The molecule has 0 saturated carbocycles. The van der Waals surface area contributed by atoms with Gasteiger partial charge in [0, 0.05) is 56.4 Å². The summed E-state index contributed by atoms with van der Waals surface area (Å²) in [5, 5.41) is 17.3. The van der Waals surface area contributed by atoms with Crippen LogP contribution < -0.4 is 22.1 Å². The average Bonchev–Trinajstić information content (AvgIpc) is 3.57. The summed E-state index contributed by atoms with van der Waals surface area (Å²) in [6.45, 7) is 14.2. The topological polar surface area (TPSA) is 297 Å². The molecule has 1 atom stereocenters. The highest BCUT2D eigenvalue weighted by molar-refractivity contribution is 6.16. The fraction of sp³-hybridized carbons (Fsp3) is 0.745. The van der Waals surface area contributed by atoms with Gasteiger partial charge in [0.15, 0.2) is 0 Å². The highest BCUT2D eigenvalue weighted by Crippen LogP contribution is 2.17. The van der Waals surface area contributed by atoms with Gasteiger partial charge in [-0.1, -0.05) is 13.3 Å². The van der Waals surface area contributed by atoms with Crippen molar-refractivity contribution in [2.45, 2.75) is 58.6 Å². The van der Waals surface area contributed by atoms with Gasteiger partial charge in [0.25, 0.3) is 17.7 Å². The van der Waals surface area contributed by atoms with Crippen molar-refractivity contribution < 1.29 is 76.5 Å². The number of amides is 4. The number of hydrogen-bond acceptors (Lipinski definition) is 21. The fourth-order valence-electron chi connectivity index (χ4n) is 6.18. The summed E-state index contributed by atoms with van der Waals surface area (Å²) in [4.78, 5) is 63.3. The van der Waals surface area contributed by atoms with Crippen LogP contribution in [0.25, 0.3) is 0 Å². The van der Waals surface area contributed by atoms with Crippen LogP contribution in [0.4, 0.5) is 0 Å². The lowest BCUT2D eigenvalue weighted by Gasteiger charge is -2.21. The van der Waals surface area contributed by atoms with Crippen LogP contribution in [0.15, 0.2) is 45.7 Å². The molecule has 0 spiro atoms. The minimum atomic E-state index is -0.668. The smallest absolute Gasteiger partial charge is 0.273 e. The van der Waals surface area contributed by atoms with Gasteiger partial charge in [-0.2, -0.15) is 0 Å². The number of amidine groups is 1. The molecule has 2 aliphatic rings. The number of unbranched alkanes of at least 4 members (excludes halogenated alkanes) is 2. The van der Waals surface area contributed by atoms with Gasteiger partial charge < -0.3 is 69.3 Å². The molecular formula is C47H82N8O16. The zero-order valence-electron chi connectivity index (χ0n) is 42.0. The number of carbonyl (C=O) groups excluding carboxylic acids is 4. The molecule has 0 bridgehead atoms. The highest BCUT2D eigenvalue weighted by atomic mass is 16.7. The van der Waals surface area contributed by atoms with Gasteiger partial charge in [-0.05, 0) is 38.8 Å². The molecular weight excluding hydrogens is 933 g/mol. The van der Waals surface area contributed by atoms with Crippen molar-refractivity contribution in [3.8, 4) is 0 Å². The zero-order valence-corrected chi connectivity index (χ0v) is 42.0. The number of aliphatic hydroxyl groups excluding tert-OH is 1. The summed E-state index contributed by atoms with van der Waals surface area (Å²) < 4.78 is 54.9. The van der Waals surface area contributed by atoms with Crippen molar-refractivity contribution in [3.05, 3.63) is 35.7 Å². The molecule has 2 heterocycles. The highest BCUT2D eigenvalue weighted by Gasteiger charge is 2.26. The molecule has 2 rings (SSSR count). The molecule has 0 fully saturated rings. The third-order valence-electron chi connectivity index (χ3n) is 9.73. The lowest BCUT2D eigenvalue weighted by Crippen LogP contribution is -2.41. The molecule has 24 heteroatoms. The third-order valence-corrected chi connectivity index (χ3v) is 9.73. The number of nitrogens with one attached hydrogen (secondary N) is 2. The second-order valence-electron chi connectivity index (χ2n) is 15.5. The predicted octanol–water partition coefficient (Wildman–Crippen LogP) is -0.220. The molecule has 0 aromatic carbocycles. The molecule has 2 aliphatic heterocycles. The lowest BCUT2D eigenvalue weighted by molar-refractivity contribution is -0.180. The van der Waals surface area contributed by atoms with E-state index in [1.54, 1.807) is 6.08 Å². The Hall–Kier alpha value is -4.28. The molecule has 0 saturated heterocycles. The van der Waals surface area contributed by atoms with Crippen LogP contribution in [-0.2, 0) is 71.4 Å². The van der Waals surface area contributed by atoms with E-state index in [0.717, 1.165) is 42.7 Å². The van der Waals surface area contributed by atoms with Gasteiger partial charge in [0.2, 0.25) is 5.91 Å². The summed E-state index contributed by atoms with van der Waals surface area (Å²) in [5.74, 6) is -1.41. The van der Waals surface area contributed by atoms with E-state index >= 15 is 0 Å². The Morgan fingerprint density at radius 2 is 1.21 bits per heavy atom. The van der Waals surface area contributed by atoms with Crippen LogP contribution >= 0.6 is 0 Å². The number of nitrogens with two attached hydrogens (primary N) is 2. The van der Waals surface area contributed by atoms with Gasteiger partial charge in [-0.25, -0.2) is 10.1 Å². The number of hydroxylamine groups is 2. The Balaban J connectivity index is 1.26. The first kappa shape index (κ1) is 62.8. The van der Waals surface area contributed by atoms with Crippen molar-refractivity contribution in [1.82, 2.24) is 20.6 Å². The van der Waals surface area contributed by atoms with Crippen LogP contribution in [0.5, 0.6) is 0 Å². The summed E-state index contributed by atoms with van der Waals surface area (Å²) in [5.41, 5.74) is 13.3. The molecule has 0 radical (unpaired) electrons. The SMILES string of the molecule is CCCN(OCC)C(=O)C1=CC(=NCCCCCNC(O)CCOCCOCCOCCOCCOCCOCCOCCOCCOCCOCCNC(=O)CN2C(=O)C=CC2=O)C(=CN)N=C(N)C1. The van der Waals surface area contributed by atoms with Gasteiger partial charge in [-0.15, -0.1) is 0 Å². The molecule has 71 heavy (non-hydrogen) atoms. The minimum Gasteiger partial charge on any atom is -0.403 e. The Bertz CT molecular complexity index is 1590. The van der Waals surface area contributed by atoms with E-state index in [9.17, 15) is 24.3 Å². The van der Waals surface area contributed by atoms with E-state index in [-0.39, 0.29) is 37.9 Å². The summed E-state index contributed by atoms with van der Waals surface area (Å²) in [7, 11) is 0. The van der Waals surface area contributed by atoms with Gasteiger partial charge in [0.05, 0.1) is 144 Å². The molecule has 0 aromatic rings. The van der Waals surface area contributed by atoms with E-state index < -0.39 is 23.9 Å². The van der Waals surface area contributed by atoms with E-state index in [4.69, 9.17) is 63.7 Å². The summed E-state index contributed by atoms with van der Waals surface area (Å²) in [6, 6.07) is 0. The Kier molecular flexibility index (Phi) is 38.3. The molecule has 1 unspecified atom stereocenters. The average molecular weight is 1020 g/mol. The standard InChI is InChI=1S/C47H82N8O16/c1-3-14-55(71-4-2)47(60)39-35-40(41(37-48)53-42(49)36-39)50-11-6-5-7-12-51-43(56)10-15-61-17-19-63-21-23-65-25-27-67-29-31-69-33-34-70-32-30-68-28-26-66-24-22-64-20-18-62-16-13-52-44(57)38-54-45(58)8-9-46(54)59/h8-9,35,37,43,51,56H,3-7,10-34,36,38,48H2,1-2H3,(H2,49,53)(H,52,57). The number of allylic oxidation sites excluding steroid dienone is 1. The Morgan fingerprint density at radius 3 is 1.68 bits per heavy atom. The zero-order chi connectivity index (χ0) is 51.4. The predicted molar refractivity (Wildman–Crippen MR) is 262 cm³/mol. The molecule has 406 valence electrons. The number of ether oxygens (including phenoxy) is 10. The van der Waals surface area contributed by atoms with Crippen molar-refractivity contribution in [2.24, 2.45) is 21.5 Å². The number of hydrogen-bond donors (Lipinski definition) is 5. The van der Waals surface area contributed by atoms with Crippen molar-refractivity contribution in [3.63, 3.8) is 0 Å². The molecule has 4 amide bonds. The maximum atomic E-state index is 13.2. The van der Waals surface area contributed by atoms with E-state index in [0.29, 0.717) is 175 Å². The Labute approximate surface area is 418 Å². The number of nitrogens with zero attached hydrogens (tertiary/aromatic N) is 4. The molecule has 0 aliphatic carbocycles. The van der Waals surface area contributed by atoms with Crippen LogP contribution in [0.1, 0.15) is 52.4 Å². The van der Waals surface area contributed by atoms with Crippen LogP contribution in [-0.4, -0.2) is 228 Å². The number of aliphatic imine (C=N–C) groups is 2. The van der Waals surface area contributed by atoms with Crippen molar-refractivity contribution in [1.29, 1.82) is 0 Å². The van der Waals surface area contributed by atoms with Gasteiger partial charge in [0.1, 0.15) is 24.3 Å². The van der Waals surface area contributed by atoms with Crippen LogP contribution in [0.3, 0.4) is 0 Å². The van der Waals surface area contributed by atoms with Crippen LogP contribution in [0.2, 0.25) is 0 Å². The molecule has 24 nitrogen and oxygen atoms in total. The summed E-state index contributed by atoms with van der Waals surface area (Å²) >= 11 is 0. The number of rotatable bonds is 47.